The number of hydrogen-bond acceptors (Lipinski definition) is 7. The number of oxazole rings is 1. The van der Waals surface area contributed by atoms with Crippen LogP contribution in [0.1, 0.15) is 5.69 Å². The quantitative estimate of drug-likeness (QED) is 0.512. The van der Waals surface area contributed by atoms with Gasteiger partial charge in [0.2, 0.25) is 0 Å². The molecule has 5 rings (SSSR count). The lowest BCUT2D eigenvalue weighted by molar-refractivity contribution is 0.572. The van der Waals surface area contributed by atoms with E-state index in [2.05, 4.69) is 25.3 Å². The molecule has 0 radical (unpaired) electrons. The van der Waals surface area contributed by atoms with Gasteiger partial charge in [0.15, 0.2) is 12.2 Å². The minimum absolute atomic E-state index is 0.326. The van der Waals surface area contributed by atoms with Crippen molar-refractivity contribution in [3.63, 3.8) is 0 Å². The van der Waals surface area contributed by atoms with Crippen molar-refractivity contribution in [2.45, 2.75) is 6.54 Å². The Morgan fingerprint density at radius 1 is 1.14 bits per heavy atom. The van der Waals surface area contributed by atoms with Crippen molar-refractivity contribution in [2.24, 2.45) is 0 Å². The number of benzene rings is 1. The fraction of sp³-hybridized carbons (Fsp3) is 0.0556. The largest absolute Gasteiger partial charge is 0.443 e. The second kappa shape index (κ2) is 6.27. The van der Waals surface area contributed by atoms with Crippen LogP contribution in [0, 0.1) is 5.82 Å². The van der Waals surface area contributed by atoms with Crippen LogP contribution in [0.5, 0.6) is 0 Å². The van der Waals surface area contributed by atoms with Crippen LogP contribution in [0.2, 0.25) is 0 Å². The Balaban J connectivity index is 1.57. The van der Waals surface area contributed by atoms with E-state index in [0.717, 1.165) is 5.56 Å². The van der Waals surface area contributed by atoms with Crippen LogP contribution in [-0.4, -0.2) is 34.5 Å². The third-order valence-corrected chi connectivity index (χ3v) is 4.35. The normalized spacial score (nSPS) is 11.3. The van der Waals surface area contributed by atoms with Gasteiger partial charge in [-0.05, 0) is 12.1 Å². The molecule has 0 bridgehead atoms. The molecule has 4 heterocycles. The Morgan fingerprint density at radius 3 is 2.86 bits per heavy atom. The molecule has 0 fully saturated rings. The maximum absolute atomic E-state index is 14.0. The highest BCUT2D eigenvalue weighted by Crippen LogP contribution is 2.32. The first kappa shape index (κ1) is 16.1. The van der Waals surface area contributed by atoms with Crippen LogP contribution in [-0.2, 0) is 6.54 Å². The Kier molecular flexibility index (Phi) is 3.61. The maximum atomic E-state index is 14.0. The number of aromatic nitrogens is 7. The monoisotopic (exact) mass is 376 g/mol. The van der Waals surface area contributed by atoms with Crippen molar-refractivity contribution in [1.29, 1.82) is 0 Å². The van der Waals surface area contributed by atoms with Gasteiger partial charge in [-0.15, -0.1) is 5.10 Å². The molecule has 0 spiro atoms. The molecule has 0 aliphatic heterocycles. The van der Waals surface area contributed by atoms with Crippen molar-refractivity contribution in [3.8, 4) is 17.0 Å². The molecule has 2 N–H and O–H groups in total. The van der Waals surface area contributed by atoms with Gasteiger partial charge in [0.25, 0.3) is 0 Å². The molecule has 10 heteroatoms. The lowest BCUT2D eigenvalue weighted by atomic mass is 10.2. The summed E-state index contributed by atoms with van der Waals surface area (Å²) in [6, 6.07) is 6.37. The van der Waals surface area contributed by atoms with Crippen molar-refractivity contribution in [3.05, 3.63) is 67.1 Å². The van der Waals surface area contributed by atoms with Crippen LogP contribution in [0.15, 0.2) is 60.0 Å². The van der Waals surface area contributed by atoms with Gasteiger partial charge in [0.1, 0.15) is 35.0 Å². The number of nitrogen functional groups attached to an aromatic ring is 1. The van der Waals surface area contributed by atoms with Gasteiger partial charge in [-0.25, -0.2) is 24.0 Å². The number of hydrogen-bond donors (Lipinski definition) is 1. The Hall–Kier alpha value is -4.08. The number of nitrogens with zero attached hydrogens (tertiary/aromatic N) is 7. The van der Waals surface area contributed by atoms with Gasteiger partial charge in [0, 0.05) is 11.8 Å². The van der Waals surface area contributed by atoms with E-state index in [-0.39, 0.29) is 5.82 Å². The molecule has 4 aromatic heterocycles. The topological polar surface area (TPSA) is 113 Å². The molecule has 138 valence electrons. The first-order valence-electron chi connectivity index (χ1n) is 8.35. The maximum Gasteiger partial charge on any atom is 0.181 e. The van der Waals surface area contributed by atoms with Crippen molar-refractivity contribution in [2.75, 3.05) is 5.73 Å². The first-order chi connectivity index (χ1) is 13.7. The Labute approximate surface area is 157 Å². The van der Waals surface area contributed by atoms with Crippen molar-refractivity contribution in [1.82, 2.24) is 34.5 Å². The number of nitrogens with two attached hydrogens (primary N) is 1. The van der Waals surface area contributed by atoms with E-state index in [4.69, 9.17) is 10.2 Å². The van der Waals surface area contributed by atoms with Crippen LogP contribution in [0.3, 0.4) is 0 Å². The van der Waals surface area contributed by atoms with Crippen molar-refractivity contribution < 1.29 is 8.81 Å². The zero-order chi connectivity index (χ0) is 19.1. The van der Waals surface area contributed by atoms with E-state index in [9.17, 15) is 4.39 Å². The highest BCUT2D eigenvalue weighted by molar-refractivity contribution is 5.99. The molecular weight excluding hydrogens is 363 g/mol. The summed E-state index contributed by atoms with van der Waals surface area (Å²) in [5.41, 5.74) is 8.37. The molecule has 0 aliphatic rings. The molecule has 9 nitrogen and oxygen atoms in total. The zero-order valence-electron chi connectivity index (χ0n) is 14.4. The Morgan fingerprint density at radius 2 is 2.04 bits per heavy atom. The van der Waals surface area contributed by atoms with Crippen LogP contribution in [0.25, 0.3) is 28.0 Å². The second-order valence-electron chi connectivity index (χ2n) is 6.10. The fourth-order valence-electron chi connectivity index (χ4n) is 3.10. The van der Waals surface area contributed by atoms with Gasteiger partial charge >= 0.3 is 0 Å². The summed E-state index contributed by atoms with van der Waals surface area (Å²) in [7, 11) is 0. The highest BCUT2D eigenvalue weighted by atomic mass is 19.1. The smallest absolute Gasteiger partial charge is 0.181 e. The summed E-state index contributed by atoms with van der Waals surface area (Å²) in [4.78, 5) is 12.4. The minimum atomic E-state index is -0.376. The summed E-state index contributed by atoms with van der Waals surface area (Å²) in [5, 5.41) is 8.84. The van der Waals surface area contributed by atoms with Gasteiger partial charge in [-0.1, -0.05) is 17.3 Å². The predicted octanol–water partition coefficient (Wildman–Crippen LogP) is 2.44. The highest BCUT2D eigenvalue weighted by Gasteiger charge is 2.18. The molecule has 0 aliphatic carbocycles. The molecule has 0 amide bonds. The Bertz CT molecular complexity index is 1270. The second-order valence-corrected chi connectivity index (χ2v) is 6.10. The summed E-state index contributed by atoms with van der Waals surface area (Å²) in [5.74, 6) is 0.518. The van der Waals surface area contributed by atoms with E-state index in [1.54, 1.807) is 30.6 Å². The number of anilines is 1. The molecule has 0 saturated heterocycles. The van der Waals surface area contributed by atoms with Crippen molar-refractivity contribution >= 4 is 16.9 Å². The van der Waals surface area contributed by atoms with E-state index >= 15 is 0 Å². The summed E-state index contributed by atoms with van der Waals surface area (Å²) in [6.45, 7) is 0.357. The number of para-hydroxylation sites is 1. The lowest BCUT2D eigenvalue weighted by Crippen LogP contribution is -2.01. The average Bonchev–Trinajstić information content (AvgIpc) is 3.43. The molecule has 28 heavy (non-hydrogen) atoms. The SMILES string of the molecule is Nc1ncnc2c1c(-c1cnco1)cn2Cc1cn(-c2ccccc2F)nn1. The molecular formula is C18H13FN8O. The van der Waals surface area contributed by atoms with E-state index in [1.807, 2.05) is 10.8 Å². The third kappa shape index (κ3) is 2.58. The summed E-state index contributed by atoms with van der Waals surface area (Å²) >= 11 is 0. The summed E-state index contributed by atoms with van der Waals surface area (Å²) in [6.07, 6.45) is 7.86. The standard InChI is InChI=1S/C18H13FN8O/c19-13-3-1-2-4-14(13)27-7-11(24-25-27)6-26-8-12(15-5-21-10-28-15)16-17(20)22-9-23-18(16)26/h1-5,7-10H,6H2,(H2,20,22,23). The first-order valence-corrected chi connectivity index (χ1v) is 8.35. The van der Waals surface area contributed by atoms with Gasteiger partial charge < -0.3 is 14.7 Å². The molecule has 0 unspecified atom stereocenters. The third-order valence-electron chi connectivity index (χ3n) is 4.35. The molecule has 0 saturated carbocycles. The predicted molar refractivity (Wildman–Crippen MR) is 97.9 cm³/mol. The number of rotatable bonds is 4. The van der Waals surface area contributed by atoms with E-state index in [1.165, 1.54) is 23.5 Å². The van der Waals surface area contributed by atoms with Crippen LogP contribution >= 0.6 is 0 Å². The number of halogens is 1. The summed E-state index contributed by atoms with van der Waals surface area (Å²) < 4.78 is 22.7. The average molecular weight is 376 g/mol. The fourth-order valence-corrected chi connectivity index (χ4v) is 3.10. The van der Waals surface area contributed by atoms with E-state index in [0.29, 0.717) is 40.5 Å². The minimum Gasteiger partial charge on any atom is -0.443 e. The lowest BCUT2D eigenvalue weighted by Gasteiger charge is -2.02. The van der Waals surface area contributed by atoms with Crippen LogP contribution in [0.4, 0.5) is 10.2 Å². The molecule has 0 atom stereocenters. The number of fused-ring (bicyclic) bond motifs is 1. The zero-order valence-corrected chi connectivity index (χ0v) is 14.4. The van der Waals surface area contributed by atoms with E-state index < -0.39 is 0 Å². The van der Waals surface area contributed by atoms with Gasteiger partial charge in [0.05, 0.1) is 24.3 Å². The van der Waals surface area contributed by atoms with Gasteiger partial charge in [-0.2, -0.15) is 0 Å². The molecule has 1 aromatic carbocycles. The molecule has 5 aromatic rings. The van der Waals surface area contributed by atoms with Gasteiger partial charge in [-0.3, -0.25) is 0 Å². The van der Waals surface area contributed by atoms with Crippen LogP contribution < -0.4 is 5.73 Å².